The molecule has 9 heteroatoms. The Morgan fingerprint density at radius 1 is 1.00 bits per heavy atom. The molecule has 0 bridgehead atoms. The van der Waals surface area contributed by atoms with E-state index in [1.165, 1.54) is 54.6 Å². The fourth-order valence-electron chi connectivity index (χ4n) is 3.37. The van der Waals surface area contributed by atoms with Gasteiger partial charge in [0.2, 0.25) is 11.8 Å². The number of nitrogens with one attached hydrogen (secondary N) is 3. The second kappa shape index (κ2) is 9.30. The van der Waals surface area contributed by atoms with Crippen molar-refractivity contribution in [1.82, 2.24) is 10.6 Å². The van der Waals surface area contributed by atoms with Crippen LogP contribution in [0.1, 0.15) is 24.0 Å². The second-order valence-corrected chi connectivity index (χ2v) is 7.20. The Hall–Kier alpha value is -3.20. The van der Waals surface area contributed by atoms with Crippen LogP contribution in [0.15, 0.2) is 54.6 Å². The minimum Gasteiger partial charge on any atom is -0.338 e. The third-order valence-corrected chi connectivity index (χ3v) is 5.03. The monoisotopic (exact) mass is 435 g/mol. The van der Waals surface area contributed by atoms with Gasteiger partial charge in [-0.15, -0.1) is 0 Å². The van der Waals surface area contributed by atoms with Gasteiger partial charge in [0.05, 0.1) is 11.3 Å². The molecule has 5 nitrogen and oxygen atoms in total. The summed E-state index contributed by atoms with van der Waals surface area (Å²) in [5, 5.41) is 8.07. The van der Waals surface area contributed by atoms with Crippen LogP contribution in [0.4, 0.5) is 23.2 Å². The van der Waals surface area contributed by atoms with Crippen molar-refractivity contribution in [2.45, 2.75) is 24.6 Å². The van der Waals surface area contributed by atoms with Gasteiger partial charge in [-0.1, -0.05) is 24.3 Å². The van der Waals surface area contributed by atoms with Crippen molar-refractivity contribution in [3.05, 3.63) is 71.6 Å². The SMILES string of the molecule is O=C(C=Cc1ccc(F)cc1)NC1(C(=O)Nc2ccccc2C(F)(F)F)CCNCC1. The summed E-state index contributed by atoms with van der Waals surface area (Å²) < 4.78 is 52.8. The molecule has 0 aliphatic carbocycles. The minimum absolute atomic E-state index is 0.211. The van der Waals surface area contributed by atoms with Crippen molar-refractivity contribution in [2.24, 2.45) is 0 Å². The molecule has 0 unspecified atom stereocenters. The first kappa shape index (κ1) is 22.5. The molecule has 1 aliphatic rings. The number of rotatable bonds is 5. The average molecular weight is 435 g/mol. The van der Waals surface area contributed by atoms with E-state index in [2.05, 4.69) is 16.0 Å². The molecular formula is C22H21F4N3O2. The van der Waals surface area contributed by atoms with Crippen LogP contribution < -0.4 is 16.0 Å². The number of halogens is 4. The van der Waals surface area contributed by atoms with Crippen LogP contribution in [0.3, 0.4) is 0 Å². The van der Waals surface area contributed by atoms with Crippen molar-refractivity contribution in [3.63, 3.8) is 0 Å². The Bertz CT molecular complexity index is 965. The molecule has 3 N–H and O–H groups in total. The van der Waals surface area contributed by atoms with Gasteiger partial charge in [0.25, 0.3) is 0 Å². The van der Waals surface area contributed by atoms with Gasteiger partial charge >= 0.3 is 6.18 Å². The lowest BCUT2D eigenvalue weighted by atomic mass is 9.86. The van der Waals surface area contributed by atoms with E-state index in [0.29, 0.717) is 18.7 Å². The number of carbonyl (C=O) groups is 2. The van der Waals surface area contributed by atoms with Gasteiger partial charge in [-0.2, -0.15) is 13.2 Å². The molecule has 0 atom stereocenters. The molecule has 31 heavy (non-hydrogen) atoms. The van der Waals surface area contributed by atoms with E-state index in [9.17, 15) is 27.2 Å². The van der Waals surface area contributed by atoms with Crippen LogP contribution in [0, 0.1) is 5.82 Å². The van der Waals surface area contributed by atoms with Crippen LogP contribution in [0.2, 0.25) is 0 Å². The van der Waals surface area contributed by atoms with Gasteiger partial charge in [0.1, 0.15) is 11.4 Å². The lowest BCUT2D eigenvalue weighted by Gasteiger charge is -2.36. The maximum absolute atomic E-state index is 13.3. The van der Waals surface area contributed by atoms with Gasteiger partial charge in [-0.25, -0.2) is 4.39 Å². The fourth-order valence-corrected chi connectivity index (χ4v) is 3.37. The molecule has 1 saturated heterocycles. The Morgan fingerprint density at radius 2 is 1.65 bits per heavy atom. The predicted octanol–water partition coefficient (Wildman–Crippen LogP) is 3.73. The molecular weight excluding hydrogens is 414 g/mol. The van der Waals surface area contributed by atoms with Gasteiger partial charge in [-0.05, 0) is 61.8 Å². The zero-order chi connectivity index (χ0) is 22.5. The number of anilines is 1. The van der Waals surface area contributed by atoms with Crippen LogP contribution in [0.5, 0.6) is 0 Å². The first-order valence-corrected chi connectivity index (χ1v) is 9.64. The normalized spacial score (nSPS) is 16.1. The number of piperidine rings is 1. The third kappa shape index (κ3) is 5.69. The van der Waals surface area contributed by atoms with E-state index < -0.39 is 34.9 Å². The van der Waals surface area contributed by atoms with Crippen molar-refractivity contribution in [3.8, 4) is 0 Å². The average Bonchev–Trinajstić information content (AvgIpc) is 2.73. The minimum atomic E-state index is -4.63. The predicted molar refractivity (Wildman–Crippen MR) is 108 cm³/mol. The topological polar surface area (TPSA) is 70.2 Å². The maximum atomic E-state index is 13.3. The van der Waals surface area contributed by atoms with E-state index in [0.717, 1.165) is 6.07 Å². The summed E-state index contributed by atoms with van der Waals surface area (Å²) in [5.41, 5.74) is -2.11. The number of para-hydroxylation sites is 1. The highest BCUT2D eigenvalue weighted by molar-refractivity contribution is 6.03. The number of benzene rings is 2. The van der Waals surface area contributed by atoms with Crippen LogP contribution >= 0.6 is 0 Å². The largest absolute Gasteiger partial charge is 0.418 e. The Kier molecular flexibility index (Phi) is 6.74. The van der Waals surface area contributed by atoms with Crippen LogP contribution in [-0.4, -0.2) is 30.4 Å². The van der Waals surface area contributed by atoms with Gasteiger partial charge < -0.3 is 16.0 Å². The zero-order valence-corrected chi connectivity index (χ0v) is 16.4. The molecule has 2 amide bonds. The van der Waals surface area contributed by atoms with Crippen molar-refractivity contribution in [1.29, 1.82) is 0 Å². The van der Waals surface area contributed by atoms with Gasteiger partial charge in [0, 0.05) is 6.08 Å². The summed E-state index contributed by atoms with van der Waals surface area (Å²) in [6.45, 7) is 0.826. The Morgan fingerprint density at radius 3 is 2.29 bits per heavy atom. The molecule has 1 fully saturated rings. The van der Waals surface area contributed by atoms with Crippen LogP contribution in [-0.2, 0) is 15.8 Å². The molecule has 1 heterocycles. The highest BCUT2D eigenvalue weighted by Crippen LogP contribution is 2.35. The molecule has 0 saturated carbocycles. The second-order valence-electron chi connectivity index (χ2n) is 7.20. The first-order valence-electron chi connectivity index (χ1n) is 9.64. The van der Waals surface area contributed by atoms with Crippen molar-refractivity contribution in [2.75, 3.05) is 18.4 Å². The van der Waals surface area contributed by atoms with Crippen molar-refractivity contribution < 1.29 is 27.2 Å². The highest BCUT2D eigenvalue weighted by atomic mass is 19.4. The lowest BCUT2D eigenvalue weighted by molar-refractivity contribution is -0.137. The number of carbonyl (C=O) groups excluding carboxylic acids is 2. The van der Waals surface area contributed by atoms with Gasteiger partial charge in [0.15, 0.2) is 0 Å². The summed E-state index contributed by atoms with van der Waals surface area (Å²) >= 11 is 0. The zero-order valence-electron chi connectivity index (χ0n) is 16.4. The van der Waals surface area contributed by atoms with E-state index in [1.807, 2.05) is 0 Å². The molecule has 0 spiro atoms. The summed E-state index contributed by atoms with van der Waals surface area (Å²) in [6, 6.07) is 10.2. The van der Waals surface area contributed by atoms with Gasteiger partial charge in [-0.3, -0.25) is 9.59 Å². The van der Waals surface area contributed by atoms with E-state index in [4.69, 9.17) is 0 Å². The van der Waals surface area contributed by atoms with E-state index >= 15 is 0 Å². The third-order valence-electron chi connectivity index (χ3n) is 5.03. The number of hydrogen-bond donors (Lipinski definition) is 3. The molecule has 164 valence electrons. The Balaban J connectivity index is 1.78. The smallest absolute Gasteiger partial charge is 0.338 e. The first-order chi connectivity index (χ1) is 14.7. The van der Waals surface area contributed by atoms with Crippen LogP contribution in [0.25, 0.3) is 6.08 Å². The molecule has 2 aromatic carbocycles. The molecule has 1 aliphatic heterocycles. The molecule has 0 aromatic heterocycles. The summed E-state index contributed by atoms with van der Waals surface area (Å²) in [5.74, 6) is -1.70. The fraction of sp³-hybridized carbons (Fsp3) is 0.273. The quantitative estimate of drug-likeness (QED) is 0.495. The van der Waals surface area contributed by atoms with E-state index in [-0.39, 0.29) is 18.5 Å². The highest BCUT2D eigenvalue weighted by Gasteiger charge is 2.42. The summed E-state index contributed by atoms with van der Waals surface area (Å²) in [4.78, 5) is 25.5. The summed E-state index contributed by atoms with van der Waals surface area (Å²) in [6.07, 6.45) is -1.55. The number of amides is 2. The number of alkyl halides is 3. The molecule has 0 radical (unpaired) electrons. The summed E-state index contributed by atoms with van der Waals surface area (Å²) in [7, 11) is 0. The number of hydrogen-bond acceptors (Lipinski definition) is 3. The Labute approximate surface area is 176 Å². The standard InChI is InChI=1S/C22H21F4N3O2/c23-16-8-5-15(6-9-16)7-10-19(30)29-21(11-13-27-14-12-21)20(31)28-18-4-2-1-3-17(18)22(24,25)26/h1-10,27H,11-14H2,(H,28,31)(H,29,30). The van der Waals surface area contributed by atoms with E-state index in [1.54, 1.807) is 0 Å². The lowest BCUT2D eigenvalue weighted by Crippen LogP contribution is -2.61. The molecule has 2 aromatic rings. The van der Waals surface area contributed by atoms with Crippen molar-refractivity contribution >= 4 is 23.6 Å². The maximum Gasteiger partial charge on any atom is 0.418 e. The molecule has 3 rings (SSSR count).